The molecule has 0 radical (unpaired) electrons. The molecule has 0 aliphatic rings. The van der Waals surface area contributed by atoms with E-state index in [9.17, 15) is 0 Å². The summed E-state index contributed by atoms with van der Waals surface area (Å²) in [5.41, 5.74) is 7.78. The molecule has 94 valence electrons. The number of hydrogen-bond acceptors (Lipinski definition) is 2. The van der Waals surface area contributed by atoms with E-state index in [1.165, 1.54) is 5.56 Å². The van der Waals surface area contributed by atoms with Crippen molar-refractivity contribution < 1.29 is 4.74 Å². The van der Waals surface area contributed by atoms with Gasteiger partial charge in [-0.3, -0.25) is 0 Å². The summed E-state index contributed by atoms with van der Waals surface area (Å²) in [4.78, 5) is 0. The lowest BCUT2D eigenvalue weighted by atomic mass is 10.1. The third-order valence-electron chi connectivity index (χ3n) is 2.71. The van der Waals surface area contributed by atoms with Gasteiger partial charge in [0.15, 0.2) is 0 Å². The molecule has 2 rings (SSSR count). The molecule has 18 heavy (non-hydrogen) atoms. The summed E-state index contributed by atoms with van der Waals surface area (Å²) < 4.78 is 5.85. The van der Waals surface area contributed by atoms with Gasteiger partial charge in [0.05, 0.1) is 0 Å². The van der Waals surface area contributed by atoms with Crippen LogP contribution in [0.2, 0.25) is 5.02 Å². The molecule has 0 unspecified atom stereocenters. The molecule has 2 nitrogen and oxygen atoms in total. The Morgan fingerprint density at radius 2 is 2.00 bits per heavy atom. The average molecular weight is 262 g/mol. The van der Waals surface area contributed by atoms with Crippen LogP contribution in [0.1, 0.15) is 11.1 Å². The van der Waals surface area contributed by atoms with Crippen LogP contribution in [0.3, 0.4) is 0 Å². The fraction of sp³-hybridized carbons (Fsp3) is 0.200. The van der Waals surface area contributed by atoms with Crippen molar-refractivity contribution in [2.75, 3.05) is 6.54 Å². The minimum Gasteiger partial charge on any atom is -0.457 e. The van der Waals surface area contributed by atoms with Gasteiger partial charge in [0.2, 0.25) is 0 Å². The number of nitrogens with two attached hydrogens (primary N) is 1. The fourth-order valence-corrected chi connectivity index (χ4v) is 1.90. The summed E-state index contributed by atoms with van der Waals surface area (Å²) in [7, 11) is 0. The van der Waals surface area contributed by atoms with Crippen molar-refractivity contribution >= 4 is 11.6 Å². The maximum Gasteiger partial charge on any atom is 0.131 e. The number of aryl methyl sites for hydroxylation is 1. The molecule has 0 aliphatic carbocycles. The molecule has 0 aliphatic heterocycles. The molecule has 2 N–H and O–H groups in total. The van der Waals surface area contributed by atoms with Crippen LogP contribution in [-0.4, -0.2) is 6.54 Å². The maximum absolute atomic E-state index is 5.97. The molecule has 0 atom stereocenters. The van der Waals surface area contributed by atoms with E-state index in [-0.39, 0.29) is 0 Å². The van der Waals surface area contributed by atoms with Crippen LogP contribution in [0, 0.1) is 6.92 Å². The molecule has 0 spiro atoms. The first kappa shape index (κ1) is 12.9. The lowest BCUT2D eigenvalue weighted by Gasteiger charge is -2.10. The fourth-order valence-electron chi connectivity index (χ4n) is 1.74. The van der Waals surface area contributed by atoms with Crippen molar-refractivity contribution in [3.8, 4) is 11.5 Å². The summed E-state index contributed by atoms with van der Waals surface area (Å²) in [5.74, 6) is 1.60. The molecule has 0 bridgehead atoms. The molecular formula is C15H16ClNO. The Morgan fingerprint density at radius 1 is 1.17 bits per heavy atom. The van der Waals surface area contributed by atoms with Gasteiger partial charge in [-0.1, -0.05) is 29.8 Å². The van der Waals surface area contributed by atoms with Gasteiger partial charge in [-0.15, -0.1) is 0 Å². The number of rotatable bonds is 4. The van der Waals surface area contributed by atoms with Crippen molar-refractivity contribution in [3.05, 3.63) is 58.6 Å². The third kappa shape index (κ3) is 3.25. The van der Waals surface area contributed by atoms with Gasteiger partial charge in [0.1, 0.15) is 11.5 Å². The Morgan fingerprint density at radius 3 is 2.78 bits per heavy atom. The Bertz CT molecular complexity index is 540. The van der Waals surface area contributed by atoms with Crippen molar-refractivity contribution in [2.45, 2.75) is 13.3 Å². The number of halogens is 1. The topological polar surface area (TPSA) is 35.2 Å². The normalized spacial score (nSPS) is 10.4. The minimum atomic E-state index is 0.639. The van der Waals surface area contributed by atoms with Crippen molar-refractivity contribution in [1.82, 2.24) is 0 Å². The highest BCUT2D eigenvalue weighted by molar-refractivity contribution is 6.30. The highest BCUT2D eigenvalue weighted by atomic mass is 35.5. The quantitative estimate of drug-likeness (QED) is 0.905. The molecule has 0 aromatic heterocycles. The number of hydrogen-bond donors (Lipinski definition) is 1. The van der Waals surface area contributed by atoms with Crippen LogP contribution in [-0.2, 0) is 6.42 Å². The van der Waals surface area contributed by atoms with E-state index in [2.05, 4.69) is 0 Å². The van der Waals surface area contributed by atoms with Crippen LogP contribution in [0.5, 0.6) is 11.5 Å². The zero-order valence-electron chi connectivity index (χ0n) is 10.3. The largest absolute Gasteiger partial charge is 0.457 e. The van der Waals surface area contributed by atoms with E-state index in [4.69, 9.17) is 22.1 Å². The second-order valence-corrected chi connectivity index (χ2v) is 4.63. The number of ether oxygens (including phenoxy) is 1. The van der Waals surface area contributed by atoms with Gasteiger partial charge < -0.3 is 10.5 Å². The van der Waals surface area contributed by atoms with Gasteiger partial charge in [0, 0.05) is 5.02 Å². The molecule has 2 aromatic carbocycles. The second-order valence-electron chi connectivity index (χ2n) is 4.20. The van der Waals surface area contributed by atoms with Crippen molar-refractivity contribution in [1.29, 1.82) is 0 Å². The van der Waals surface area contributed by atoms with E-state index in [1.807, 2.05) is 49.4 Å². The monoisotopic (exact) mass is 261 g/mol. The lowest BCUT2D eigenvalue weighted by Crippen LogP contribution is -2.02. The highest BCUT2D eigenvalue weighted by Crippen LogP contribution is 2.28. The lowest BCUT2D eigenvalue weighted by molar-refractivity contribution is 0.478. The van der Waals surface area contributed by atoms with Gasteiger partial charge >= 0.3 is 0 Å². The van der Waals surface area contributed by atoms with E-state index in [0.29, 0.717) is 11.6 Å². The van der Waals surface area contributed by atoms with Crippen LogP contribution < -0.4 is 10.5 Å². The molecule has 3 heteroatoms. The molecule has 0 amide bonds. The van der Waals surface area contributed by atoms with Crippen LogP contribution >= 0.6 is 11.6 Å². The van der Waals surface area contributed by atoms with Gasteiger partial charge in [-0.05, 0) is 55.3 Å². The molecule has 0 saturated carbocycles. The molecule has 0 heterocycles. The van der Waals surface area contributed by atoms with Crippen LogP contribution in [0.4, 0.5) is 0 Å². The van der Waals surface area contributed by atoms with E-state index < -0.39 is 0 Å². The summed E-state index contributed by atoms with van der Waals surface area (Å²) in [6.07, 6.45) is 0.853. The Hall–Kier alpha value is -1.51. The predicted octanol–water partition coefficient (Wildman–Crippen LogP) is 3.94. The summed E-state index contributed by atoms with van der Waals surface area (Å²) in [5, 5.41) is 0.675. The Labute approximate surface area is 112 Å². The Kier molecular flexibility index (Phi) is 4.24. The first-order valence-electron chi connectivity index (χ1n) is 5.92. The van der Waals surface area contributed by atoms with Gasteiger partial charge in [-0.25, -0.2) is 0 Å². The van der Waals surface area contributed by atoms with Crippen LogP contribution in [0.25, 0.3) is 0 Å². The Balaban J connectivity index is 2.22. The molecule has 2 aromatic rings. The van der Waals surface area contributed by atoms with E-state index >= 15 is 0 Å². The highest BCUT2D eigenvalue weighted by Gasteiger charge is 2.03. The van der Waals surface area contributed by atoms with Gasteiger partial charge in [-0.2, -0.15) is 0 Å². The molecule has 0 fully saturated rings. The first-order chi connectivity index (χ1) is 8.69. The summed E-state index contributed by atoms with van der Waals surface area (Å²) in [6.45, 7) is 2.63. The SMILES string of the molecule is Cc1ccc(Cl)cc1Oc1cccc(CCN)c1. The van der Waals surface area contributed by atoms with Crippen molar-refractivity contribution in [2.24, 2.45) is 5.73 Å². The average Bonchev–Trinajstić information content (AvgIpc) is 2.35. The first-order valence-corrected chi connectivity index (χ1v) is 6.30. The van der Waals surface area contributed by atoms with Crippen LogP contribution in [0.15, 0.2) is 42.5 Å². The zero-order valence-corrected chi connectivity index (χ0v) is 11.1. The standard InChI is InChI=1S/C15H16ClNO/c1-11-5-6-13(16)10-15(11)18-14-4-2-3-12(9-14)7-8-17/h2-6,9-10H,7-8,17H2,1H3. The molecular weight excluding hydrogens is 246 g/mol. The number of benzene rings is 2. The third-order valence-corrected chi connectivity index (χ3v) is 2.94. The van der Waals surface area contributed by atoms with Gasteiger partial charge in [0.25, 0.3) is 0 Å². The zero-order chi connectivity index (χ0) is 13.0. The van der Waals surface area contributed by atoms with E-state index in [1.54, 1.807) is 0 Å². The summed E-state index contributed by atoms with van der Waals surface area (Å²) in [6, 6.07) is 13.6. The second kappa shape index (κ2) is 5.89. The minimum absolute atomic E-state index is 0.639. The molecule has 0 saturated heterocycles. The van der Waals surface area contributed by atoms with Crippen molar-refractivity contribution in [3.63, 3.8) is 0 Å². The summed E-state index contributed by atoms with van der Waals surface area (Å²) >= 11 is 5.97. The maximum atomic E-state index is 5.97. The smallest absolute Gasteiger partial charge is 0.131 e. The van der Waals surface area contributed by atoms with E-state index in [0.717, 1.165) is 23.5 Å². The predicted molar refractivity (Wildman–Crippen MR) is 75.5 cm³/mol.